The van der Waals surface area contributed by atoms with Crippen molar-refractivity contribution in [2.45, 2.75) is 0 Å². The van der Waals surface area contributed by atoms with Crippen LogP contribution in [0.4, 0.5) is 14.5 Å². The lowest BCUT2D eigenvalue weighted by molar-refractivity contribution is 0.102. The van der Waals surface area contributed by atoms with Crippen LogP contribution in [-0.2, 0) is 4.74 Å². The fourth-order valence-electron chi connectivity index (χ4n) is 3.08. The molecule has 1 heterocycles. The normalized spacial score (nSPS) is 10.8. The first-order valence-corrected chi connectivity index (χ1v) is 10.1. The molecule has 0 saturated heterocycles. The number of nitrogens with zero attached hydrogens (tertiary/aromatic N) is 3. The summed E-state index contributed by atoms with van der Waals surface area (Å²) < 4.78 is 39.2. The lowest BCUT2D eigenvalue weighted by Gasteiger charge is -2.09. The molecule has 0 aliphatic rings. The predicted octanol–water partition coefficient (Wildman–Crippen LogP) is 4.49. The zero-order valence-electron chi connectivity index (χ0n) is 17.7. The molecule has 1 aromatic heterocycles. The number of carbonyl (C=O) groups is 1. The van der Waals surface area contributed by atoms with E-state index in [2.05, 4.69) is 15.4 Å². The third kappa shape index (κ3) is 5.39. The summed E-state index contributed by atoms with van der Waals surface area (Å²) in [6.45, 7) is 0.623. The highest BCUT2D eigenvalue weighted by molar-refractivity contribution is 6.04. The van der Waals surface area contributed by atoms with Crippen LogP contribution in [0.15, 0.2) is 72.8 Å². The van der Waals surface area contributed by atoms with E-state index in [1.54, 1.807) is 43.5 Å². The van der Waals surface area contributed by atoms with Crippen LogP contribution in [0.5, 0.6) is 6.01 Å². The van der Waals surface area contributed by atoms with E-state index in [0.717, 1.165) is 6.07 Å². The summed E-state index contributed by atoms with van der Waals surface area (Å²) in [4.78, 5) is 16.7. The Morgan fingerprint density at radius 2 is 1.70 bits per heavy atom. The number of rotatable bonds is 8. The molecule has 0 spiro atoms. The van der Waals surface area contributed by atoms with Crippen molar-refractivity contribution in [2.75, 3.05) is 25.6 Å². The van der Waals surface area contributed by atoms with Crippen molar-refractivity contribution in [2.24, 2.45) is 0 Å². The standard InChI is InChI=1S/C24H20F2N4O3/c1-32-12-13-33-24-28-22(16-4-2-6-18(25)14-16)30(29-24)21-10-8-20(9-11-21)27-23(31)17-5-3-7-19(26)15-17/h2-11,14-15H,12-13H2,1H3,(H,27,31). The Morgan fingerprint density at radius 3 is 2.39 bits per heavy atom. The number of aromatic nitrogens is 3. The second kappa shape index (κ2) is 10.0. The van der Waals surface area contributed by atoms with E-state index in [1.807, 2.05) is 0 Å². The van der Waals surface area contributed by atoms with Gasteiger partial charge < -0.3 is 14.8 Å². The van der Waals surface area contributed by atoms with Crippen molar-refractivity contribution in [1.29, 1.82) is 0 Å². The summed E-state index contributed by atoms with van der Waals surface area (Å²) >= 11 is 0. The zero-order chi connectivity index (χ0) is 23.2. The topological polar surface area (TPSA) is 78.3 Å². The number of nitrogens with one attached hydrogen (secondary N) is 1. The van der Waals surface area contributed by atoms with E-state index in [9.17, 15) is 13.6 Å². The number of anilines is 1. The van der Waals surface area contributed by atoms with E-state index in [4.69, 9.17) is 9.47 Å². The SMILES string of the molecule is COCCOc1nc(-c2cccc(F)c2)n(-c2ccc(NC(=O)c3cccc(F)c3)cc2)n1. The quantitative estimate of drug-likeness (QED) is 0.400. The number of halogens is 2. The van der Waals surface area contributed by atoms with E-state index in [0.29, 0.717) is 29.4 Å². The maximum absolute atomic E-state index is 13.8. The minimum Gasteiger partial charge on any atom is -0.460 e. The summed E-state index contributed by atoms with van der Waals surface area (Å²) in [7, 11) is 1.56. The van der Waals surface area contributed by atoms with Crippen LogP contribution in [0, 0.1) is 11.6 Å². The van der Waals surface area contributed by atoms with Gasteiger partial charge in [0, 0.05) is 23.9 Å². The maximum atomic E-state index is 13.8. The lowest BCUT2D eigenvalue weighted by Crippen LogP contribution is -2.12. The number of carbonyl (C=O) groups excluding carboxylic acids is 1. The molecule has 9 heteroatoms. The third-order valence-corrected chi connectivity index (χ3v) is 4.65. The number of benzene rings is 3. The predicted molar refractivity (Wildman–Crippen MR) is 118 cm³/mol. The Bertz CT molecular complexity index is 1260. The second-order valence-electron chi connectivity index (χ2n) is 6.99. The van der Waals surface area contributed by atoms with E-state index < -0.39 is 17.5 Å². The Morgan fingerprint density at radius 1 is 0.970 bits per heavy atom. The number of amides is 1. The van der Waals surface area contributed by atoms with Gasteiger partial charge >= 0.3 is 6.01 Å². The van der Waals surface area contributed by atoms with Gasteiger partial charge in [-0.3, -0.25) is 4.79 Å². The van der Waals surface area contributed by atoms with Crippen LogP contribution in [0.25, 0.3) is 17.1 Å². The Balaban J connectivity index is 1.60. The molecule has 0 radical (unpaired) electrons. The summed E-state index contributed by atoms with van der Waals surface area (Å²) in [5.41, 5.74) is 1.86. The summed E-state index contributed by atoms with van der Waals surface area (Å²) in [5, 5.41) is 7.10. The smallest absolute Gasteiger partial charge is 0.336 e. The van der Waals surface area contributed by atoms with E-state index >= 15 is 0 Å². The molecule has 7 nitrogen and oxygen atoms in total. The van der Waals surface area contributed by atoms with Gasteiger partial charge in [-0.15, -0.1) is 5.10 Å². The summed E-state index contributed by atoms with van der Waals surface area (Å²) in [6, 6.07) is 18.3. The first kappa shape index (κ1) is 22.1. The fourth-order valence-corrected chi connectivity index (χ4v) is 3.08. The van der Waals surface area contributed by atoms with Crippen molar-refractivity contribution in [3.63, 3.8) is 0 Å². The zero-order valence-corrected chi connectivity index (χ0v) is 17.7. The lowest BCUT2D eigenvalue weighted by atomic mass is 10.2. The highest BCUT2D eigenvalue weighted by Gasteiger charge is 2.16. The van der Waals surface area contributed by atoms with Gasteiger partial charge in [0.15, 0.2) is 5.82 Å². The van der Waals surface area contributed by atoms with Crippen LogP contribution < -0.4 is 10.1 Å². The molecule has 4 aromatic rings. The highest BCUT2D eigenvalue weighted by atomic mass is 19.1. The second-order valence-corrected chi connectivity index (χ2v) is 6.99. The number of hydrogen-bond acceptors (Lipinski definition) is 5. The third-order valence-electron chi connectivity index (χ3n) is 4.65. The van der Waals surface area contributed by atoms with Gasteiger partial charge in [-0.25, -0.2) is 13.5 Å². The minimum atomic E-state index is -0.488. The van der Waals surface area contributed by atoms with Gasteiger partial charge in [0.1, 0.15) is 18.2 Å². The van der Waals surface area contributed by atoms with Crippen LogP contribution in [-0.4, -0.2) is 41.0 Å². The van der Waals surface area contributed by atoms with Crippen molar-refractivity contribution >= 4 is 11.6 Å². The van der Waals surface area contributed by atoms with Gasteiger partial charge in [-0.1, -0.05) is 18.2 Å². The van der Waals surface area contributed by atoms with Gasteiger partial charge in [-0.2, -0.15) is 4.98 Å². The van der Waals surface area contributed by atoms with Gasteiger partial charge in [0.25, 0.3) is 5.91 Å². The van der Waals surface area contributed by atoms with Gasteiger partial charge in [0.05, 0.1) is 12.3 Å². The van der Waals surface area contributed by atoms with E-state index in [-0.39, 0.29) is 18.2 Å². The Kier molecular flexibility index (Phi) is 6.70. The molecular formula is C24H20F2N4O3. The Hall–Kier alpha value is -4.11. The molecule has 168 valence electrons. The average molecular weight is 450 g/mol. The molecule has 4 rings (SSSR count). The molecule has 1 amide bonds. The minimum absolute atomic E-state index is 0.120. The van der Waals surface area contributed by atoms with Crippen LogP contribution >= 0.6 is 0 Å². The van der Waals surface area contributed by atoms with Crippen LogP contribution in [0.1, 0.15) is 10.4 Å². The average Bonchev–Trinajstić information content (AvgIpc) is 3.24. The first-order chi connectivity index (χ1) is 16.0. The highest BCUT2D eigenvalue weighted by Crippen LogP contribution is 2.25. The van der Waals surface area contributed by atoms with E-state index in [1.165, 1.54) is 35.0 Å². The first-order valence-electron chi connectivity index (χ1n) is 10.1. The number of hydrogen-bond donors (Lipinski definition) is 1. The number of ether oxygens (including phenoxy) is 2. The molecule has 0 bridgehead atoms. The largest absolute Gasteiger partial charge is 0.460 e. The fraction of sp³-hybridized carbons (Fsp3) is 0.125. The van der Waals surface area contributed by atoms with Crippen molar-refractivity contribution < 1.29 is 23.0 Å². The Labute approximate surface area is 188 Å². The molecule has 0 aliphatic heterocycles. The maximum Gasteiger partial charge on any atom is 0.336 e. The molecule has 1 N–H and O–H groups in total. The van der Waals surface area contributed by atoms with Crippen LogP contribution in [0.2, 0.25) is 0 Å². The molecular weight excluding hydrogens is 430 g/mol. The molecule has 33 heavy (non-hydrogen) atoms. The molecule has 0 saturated carbocycles. The summed E-state index contributed by atoms with van der Waals surface area (Å²) in [5.74, 6) is -0.937. The van der Waals surface area contributed by atoms with Crippen molar-refractivity contribution in [3.8, 4) is 23.1 Å². The van der Waals surface area contributed by atoms with Crippen molar-refractivity contribution in [3.05, 3.63) is 90.0 Å². The van der Waals surface area contributed by atoms with Gasteiger partial charge in [-0.05, 0) is 54.6 Å². The van der Waals surface area contributed by atoms with Crippen LogP contribution in [0.3, 0.4) is 0 Å². The molecule has 3 aromatic carbocycles. The van der Waals surface area contributed by atoms with Gasteiger partial charge in [0.2, 0.25) is 0 Å². The monoisotopic (exact) mass is 450 g/mol. The molecule has 0 unspecified atom stereocenters. The number of methoxy groups -OCH3 is 1. The van der Waals surface area contributed by atoms with Crippen molar-refractivity contribution in [1.82, 2.24) is 14.8 Å². The molecule has 0 atom stereocenters. The molecule has 0 aliphatic carbocycles. The summed E-state index contributed by atoms with van der Waals surface area (Å²) in [6.07, 6.45) is 0. The molecule has 0 fully saturated rings.